The Kier molecular flexibility index (Phi) is 5.90. The molecule has 1 aromatic heterocycles. The smallest absolute Gasteiger partial charge is 0.296 e. The van der Waals surface area contributed by atoms with Crippen LogP contribution in [0.3, 0.4) is 0 Å². The van der Waals surface area contributed by atoms with E-state index in [1.807, 2.05) is 35.9 Å². The highest BCUT2D eigenvalue weighted by Crippen LogP contribution is 2.28. The number of hydrogen-bond donors (Lipinski definition) is 0. The fraction of sp³-hybridized carbons (Fsp3) is 0.318. The van der Waals surface area contributed by atoms with Gasteiger partial charge < -0.3 is 9.47 Å². The molecular formula is C22H24N2O5S. The molecule has 0 saturated carbocycles. The van der Waals surface area contributed by atoms with Gasteiger partial charge in [-0.25, -0.2) is 0 Å². The number of fused-ring (bicyclic) bond motifs is 1. The molecule has 0 radical (unpaired) electrons. The molecule has 8 heteroatoms. The van der Waals surface area contributed by atoms with E-state index in [0.29, 0.717) is 19.8 Å². The molecule has 0 saturated heterocycles. The van der Waals surface area contributed by atoms with Crippen molar-refractivity contribution in [2.45, 2.75) is 30.9 Å². The topological polar surface area (TPSA) is 79.7 Å². The molecule has 30 heavy (non-hydrogen) atoms. The van der Waals surface area contributed by atoms with E-state index in [2.05, 4.69) is 5.10 Å². The fourth-order valence-corrected chi connectivity index (χ4v) is 4.38. The van der Waals surface area contributed by atoms with E-state index in [4.69, 9.17) is 13.7 Å². The molecule has 0 amide bonds. The lowest BCUT2D eigenvalue weighted by molar-refractivity contribution is 0.0723. The van der Waals surface area contributed by atoms with E-state index < -0.39 is 10.1 Å². The van der Waals surface area contributed by atoms with Crippen molar-refractivity contribution < 1.29 is 22.1 Å². The number of ether oxygens (including phenoxy) is 2. The lowest BCUT2D eigenvalue weighted by Crippen LogP contribution is -2.23. The Balaban J connectivity index is 1.47. The van der Waals surface area contributed by atoms with E-state index in [9.17, 15) is 8.42 Å². The summed E-state index contributed by atoms with van der Waals surface area (Å²) in [6, 6.07) is 14.4. The molecule has 0 aliphatic carbocycles. The summed E-state index contributed by atoms with van der Waals surface area (Å²) in [6.07, 6.45) is 1.79. The Bertz CT molecular complexity index is 1110. The van der Waals surface area contributed by atoms with Crippen LogP contribution in [0.4, 0.5) is 0 Å². The van der Waals surface area contributed by atoms with E-state index in [0.717, 1.165) is 28.1 Å². The van der Waals surface area contributed by atoms with E-state index in [1.165, 1.54) is 0 Å². The van der Waals surface area contributed by atoms with E-state index in [1.54, 1.807) is 37.6 Å². The van der Waals surface area contributed by atoms with Crippen molar-refractivity contribution in [1.82, 2.24) is 9.78 Å². The number of aromatic nitrogens is 2. The average Bonchev–Trinajstić information content (AvgIpc) is 3.16. The van der Waals surface area contributed by atoms with E-state index >= 15 is 0 Å². The Hall–Kier alpha value is -2.68. The highest BCUT2D eigenvalue weighted by Gasteiger charge is 2.27. The molecule has 0 N–H and O–H groups in total. The summed E-state index contributed by atoms with van der Waals surface area (Å²) in [5, 5.41) is 4.50. The predicted octanol–water partition coefficient (Wildman–Crippen LogP) is 3.27. The van der Waals surface area contributed by atoms with Crippen LogP contribution in [0.5, 0.6) is 5.75 Å². The van der Waals surface area contributed by atoms with Gasteiger partial charge in [0.05, 0.1) is 50.3 Å². The molecule has 158 valence electrons. The zero-order chi connectivity index (χ0) is 21.1. The van der Waals surface area contributed by atoms with Crippen LogP contribution in [0.2, 0.25) is 0 Å². The average molecular weight is 429 g/mol. The Morgan fingerprint density at radius 2 is 1.87 bits per heavy atom. The molecule has 1 atom stereocenters. The largest absolute Gasteiger partial charge is 0.497 e. The van der Waals surface area contributed by atoms with Gasteiger partial charge in [-0.05, 0) is 36.8 Å². The summed E-state index contributed by atoms with van der Waals surface area (Å²) in [5.74, 6) is 0.607. The maximum atomic E-state index is 12.5. The van der Waals surface area contributed by atoms with Gasteiger partial charge in [-0.1, -0.05) is 29.8 Å². The minimum Gasteiger partial charge on any atom is -0.497 e. The van der Waals surface area contributed by atoms with Crippen molar-refractivity contribution in [1.29, 1.82) is 0 Å². The Morgan fingerprint density at radius 1 is 1.13 bits per heavy atom. The van der Waals surface area contributed by atoms with Crippen molar-refractivity contribution in [2.75, 3.05) is 20.3 Å². The molecule has 4 rings (SSSR count). The van der Waals surface area contributed by atoms with Gasteiger partial charge in [0.15, 0.2) is 0 Å². The molecule has 1 aliphatic rings. The van der Waals surface area contributed by atoms with Gasteiger partial charge in [0.2, 0.25) is 0 Å². The Labute approximate surface area is 176 Å². The van der Waals surface area contributed by atoms with Crippen molar-refractivity contribution in [3.05, 3.63) is 77.1 Å². The van der Waals surface area contributed by atoms with Gasteiger partial charge in [0, 0.05) is 11.5 Å². The van der Waals surface area contributed by atoms with Crippen molar-refractivity contribution in [3.63, 3.8) is 0 Å². The van der Waals surface area contributed by atoms with Crippen LogP contribution in [0.25, 0.3) is 0 Å². The second-order valence-electron chi connectivity index (χ2n) is 7.32. The fourth-order valence-electron chi connectivity index (χ4n) is 3.43. The monoisotopic (exact) mass is 428 g/mol. The Morgan fingerprint density at radius 3 is 2.57 bits per heavy atom. The normalized spacial score (nSPS) is 16.3. The first kappa shape index (κ1) is 20.6. The molecule has 1 aliphatic heterocycles. The van der Waals surface area contributed by atoms with Crippen LogP contribution in [0, 0.1) is 6.92 Å². The van der Waals surface area contributed by atoms with Crippen molar-refractivity contribution in [3.8, 4) is 5.75 Å². The van der Waals surface area contributed by atoms with E-state index in [-0.39, 0.29) is 17.4 Å². The number of hydrogen-bond acceptors (Lipinski definition) is 6. The molecule has 3 aromatic rings. The van der Waals surface area contributed by atoms with Gasteiger partial charge in [-0.2, -0.15) is 13.5 Å². The third-order valence-corrected chi connectivity index (χ3v) is 6.50. The second-order valence-corrected chi connectivity index (χ2v) is 8.93. The summed E-state index contributed by atoms with van der Waals surface area (Å²) in [7, 11) is -2.19. The molecule has 2 heterocycles. The van der Waals surface area contributed by atoms with Crippen LogP contribution < -0.4 is 4.74 Å². The standard InChI is InChI=1S/C22H24N2O5S/c1-16-3-9-20(10-4-16)30(25,26)29-14-18-13-28-15-22-21(18)11-23-24(22)12-17-5-7-19(27-2)8-6-17/h3-11,18H,12-15H2,1-2H3. The quantitative estimate of drug-likeness (QED) is 0.538. The van der Waals surface area contributed by atoms with Gasteiger partial charge in [-0.3, -0.25) is 8.86 Å². The number of methoxy groups -OCH3 is 1. The first-order valence-corrected chi connectivity index (χ1v) is 11.1. The highest BCUT2D eigenvalue weighted by atomic mass is 32.2. The van der Waals surface area contributed by atoms with Crippen LogP contribution in [0.15, 0.2) is 59.6 Å². The van der Waals surface area contributed by atoms with Gasteiger partial charge in [-0.15, -0.1) is 0 Å². The summed E-state index contributed by atoms with van der Waals surface area (Å²) < 4.78 is 43.1. The zero-order valence-electron chi connectivity index (χ0n) is 16.9. The number of nitrogens with zero attached hydrogens (tertiary/aromatic N) is 2. The highest BCUT2D eigenvalue weighted by molar-refractivity contribution is 7.86. The minimum atomic E-state index is -3.82. The predicted molar refractivity (Wildman–Crippen MR) is 111 cm³/mol. The van der Waals surface area contributed by atoms with Crippen LogP contribution in [-0.2, 0) is 32.2 Å². The number of rotatable bonds is 7. The maximum absolute atomic E-state index is 12.5. The lowest BCUT2D eigenvalue weighted by atomic mass is 10.00. The lowest BCUT2D eigenvalue weighted by Gasteiger charge is -2.23. The molecule has 7 nitrogen and oxygen atoms in total. The summed E-state index contributed by atoms with van der Waals surface area (Å²) in [6.45, 7) is 3.34. The van der Waals surface area contributed by atoms with Gasteiger partial charge in [0.25, 0.3) is 10.1 Å². The first-order valence-electron chi connectivity index (χ1n) is 9.67. The SMILES string of the molecule is COc1ccc(Cn2ncc3c2COCC3COS(=O)(=O)c2ccc(C)cc2)cc1. The number of aryl methyl sites for hydroxylation is 1. The minimum absolute atomic E-state index is 0.0113. The molecule has 2 aromatic carbocycles. The molecule has 0 fully saturated rings. The maximum Gasteiger partial charge on any atom is 0.296 e. The second kappa shape index (κ2) is 8.59. The van der Waals surface area contributed by atoms with Crippen LogP contribution >= 0.6 is 0 Å². The van der Waals surface area contributed by atoms with Crippen LogP contribution in [-0.4, -0.2) is 38.5 Å². The van der Waals surface area contributed by atoms with Crippen molar-refractivity contribution >= 4 is 10.1 Å². The van der Waals surface area contributed by atoms with Gasteiger partial charge >= 0.3 is 0 Å². The van der Waals surface area contributed by atoms with Crippen LogP contribution in [0.1, 0.15) is 28.3 Å². The summed E-state index contributed by atoms with van der Waals surface area (Å²) in [4.78, 5) is 0.153. The summed E-state index contributed by atoms with van der Waals surface area (Å²) >= 11 is 0. The molecule has 0 spiro atoms. The van der Waals surface area contributed by atoms with Crippen molar-refractivity contribution in [2.24, 2.45) is 0 Å². The summed E-state index contributed by atoms with van der Waals surface area (Å²) in [5.41, 5.74) is 3.98. The third kappa shape index (κ3) is 4.40. The first-order chi connectivity index (χ1) is 14.5. The molecule has 1 unspecified atom stereocenters. The zero-order valence-corrected chi connectivity index (χ0v) is 17.8. The molecular weight excluding hydrogens is 404 g/mol. The van der Waals surface area contributed by atoms with Gasteiger partial charge in [0.1, 0.15) is 5.75 Å². The number of benzene rings is 2. The third-order valence-electron chi connectivity index (χ3n) is 5.20. The molecule has 0 bridgehead atoms.